The molecule has 0 saturated carbocycles. The summed E-state index contributed by atoms with van der Waals surface area (Å²) in [7, 11) is 0. The molecular formula is C98H166N26O26. The van der Waals surface area contributed by atoms with Crippen LogP contribution in [-0.4, -0.2) is 311 Å². The molecule has 0 spiro atoms. The van der Waals surface area contributed by atoms with E-state index in [9.17, 15) is 122 Å². The first-order valence-corrected chi connectivity index (χ1v) is 51.4. The zero-order valence-electron chi connectivity index (χ0n) is 87.2. The lowest BCUT2D eigenvalue weighted by molar-refractivity contribution is -0.143. The maximum Gasteiger partial charge on any atom is 0.326 e. The number of hydrogen-bond acceptors (Lipinski definition) is 29. The second-order valence-electron chi connectivity index (χ2n) is 37.8. The molecule has 0 aliphatic heterocycles. The van der Waals surface area contributed by atoms with E-state index < -0.39 is 260 Å². The van der Waals surface area contributed by atoms with Gasteiger partial charge in [0.2, 0.25) is 100 Å². The van der Waals surface area contributed by atoms with Gasteiger partial charge in [-0.15, -0.1) is 0 Å². The van der Waals surface area contributed by atoms with Crippen LogP contribution in [0.15, 0.2) is 48.5 Å². The highest BCUT2D eigenvalue weighted by Crippen LogP contribution is 2.20. The molecule has 38 N–H and O–H groups in total. The number of carboxylic acids is 2. The number of nitrogens with one attached hydrogen (secondary N) is 20. The predicted octanol–water partition coefficient (Wildman–Crippen LogP) is -4.55. The number of carbonyl (C=O) groups is 19. The van der Waals surface area contributed by atoms with Crippen LogP contribution in [0.3, 0.4) is 0 Å². The molecule has 0 radical (unpaired) electrons. The second-order valence-corrected chi connectivity index (χ2v) is 37.8. The Hall–Kier alpha value is -13.7. The van der Waals surface area contributed by atoms with E-state index in [1.807, 2.05) is 0 Å². The summed E-state index contributed by atoms with van der Waals surface area (Å²) in [5, 5.41) is 121. The SMILES string of the molecule is CCCCCCCCCCCCOCCC(=O)NCC(=O)NCC(=O)N[C@@H](Cc1ccc(O)cc1)C(=O)N[C@@H](CCC(N)=O)C(=O)N[C@@H](CCCCN)C(=O)N[C@@H](CCCCN)C(=O)N[C@@H](CC(C)C)C(=O)N[C@@H](CCCNC(=N)N)C(=O)N[C@@H](CO)C(=O)N[C@@H](C)C(=O)N[C@H](C(=O)N[C@@H](CC(=O)O)C(=O)N[C@@H](CCCCN)C(=O)N[C@@H](Cc1ccc(O)cc1)C(=O)N[C@@H](CCCNC(=N)N)C(=O)N[C@@H](CC(C)C)C(=O)O)[C@@H](C)O. The topological polar surface area (TPSA) is 875 Å². The third kappa shape index (κ3) is 57.7. The number of ether oxygens (including phenoxy) is 1. The minimum Gasteiger partial charge on any atom is -0.508 e. The number of hydrogen-bond donors (Lipinski definition) is 32. The average Bonchev–Trinajstić information content (AvgIpc) is 0.843. The number of carbonyl (C=O) groups excluding carboxylic acids is 17. The van der Waals surface area contributed by atoms with E-state index in [1.54, 1.807) is 27.7 Å². The number of benzene rings is 2. The van der Waals surface area contributed by atoms with E-state index in [0.717, 1.165) is 39.5 Å². The summed E-state index contributed by atoms with van der Waals surface area (Å²) in [6, 6.07) is -12.6. The zero-order valence-corrected chi connectivity index (χ0v) is 87.2. The van der Waals surface area contributed by atoms with Crippen LogP contribution in [0, 0.1) is 22.7 Å². The second kappa shape index (κ2) is 75.0. The van der Waals surface area contributed by atoms with E-state index in [4.69, 9.17) is 50.0 Å². The highest BCUT2D eigenvalue weighted by Gasteiger charge is 2.40. The minimum absolute atomic E-state index is 0.00570. The summed E-state index contributed by atoms with van der Waals surface area (Å²) < 4.78 is 5.61. The van der Waals surface area contributed by atoms with Crippen LogP contribution in [0.2, 0.25) is 0 Å². The van der Waals surface area contributed by atoms with Crippen molar-refractivity contribution in [3.8, 4) is 11.5 Å². The number of aliphatic hydroxyl groups is 2. The van der Waals surface area contributed by atoms with Crippen molar-refractivity contribution in [1.29, 1.82) is 10.8 Å². The molecule has 0 aliphatic carbocycles. The van der Waals surface area contributed by atoms with Gasteiger partial charge < -0.3 is 165 Å². The number of aromatic hydroxyl groups is 2. The van der Waals surface area contributed by atoms with Crippen molar-refractivity contribution < 1.29 is 126 Å². The van der Waals surface area contributed by atoms with Crippen LogP contribution in [0.25, 0.3) is 0 Å². The van der Waals surface area contributed by atoms with Gasteiger partial charge in [0.1, 0.15) is 96.1 Å². The summed E-state index contributed by atoms with van der Waals surface area (Å²) in [4.78, 5) is 264. The molecule has 0 aliphatic rings. The molecule has 2 aromatic carbocycles. The molecule has 0 heterocycles. The largest absolute Gasteiger partial charge is 0.508 e. The lowest BCUT2D eigenvalue weighted by Crippen LogP contribution is -2.62. The molecule has 2 aromatic rings. The van der Waals surface area contributed by atoms with Gasteiger partial charge in [0.25, 0.3) is 0 Å². The van der Waals surface area contributed by atoms with E-state index in [-0.39, 0.29) is 159 Å². The normalized spacial score (nSPS) is 14.1. The summed E-state index contributed by atoms with van der Waals surface area (Å²) in [5.41, 5.74) is 34.8. The van der Waals surface area contributed by atoms with Crippen molar-refractivity contribution >= 4 is 124 Å². The van der Waals surface area contributed by atoms with Crippen molar-refractivity contribution in [3.63, 3.8) is 0 Å². The number of carboxylic acid groups (broad SMARTS) is 2. The molecule has 844 valence electrons. The fourth-order valence-corrected chi connectivity index (χ4v) is 15.3. The molecule has 52 heteroatoms. The quantitative estimate of drug-likeness (QED) is 0.0168. The Bertz CT molecular complexity index is 4600. The van der Waals surface area contributed by atoms with Gasteiger partial charge in [0, 0.05) is 45.4 Å². The Kier molecular flexibility index (Phi) is 66.2. The summed E-state index contributed by atoms with van der Waals surface area (Å²) in [6.07, 6.45) is 7.05. The number of aliphatic carboxylic acids is 2. The van der Waals surface area contributed by atoms with Crippen molar-refractivity contribution in [2.24, 2.45) is 46.2 Å². The van der Waals surface area contributed by atoms with Crippen LogP contribution >= 0.6 is 0 Å². The van der Waals surface area contributed by atoms with Crippen LogP contribution in [0.1, 0.15) is 246 Å². The fourth-order valence-electron chi connectivity index (χ4n) is 15.3. The zero-order chi connectivity index (χ0) is 112. The fraction of sp³-hybridized carbons (Fsp3) is 0.663. The predicted molar refractivity (Wildman–Crippen MR) is 553 cm³/mol. The van der Waals surface area contributed by atoms with Crippen LogP contribution < -0.4 is 130 Å². The molecule has 0 bridgehead atoms. The van der Waals surface area contributed by atoms with Gasteiger partial charge in [0.05, 0.1) is 38.8 Å². The van der Waals surface area contributed by atoms with Crippen LogP contribution in [0.5, 0.6) is 11.5 Å². The Labute approximate surface area is 874 Å². The van der Waals surface area contributed by atoms with Gasteiger partial charge in [0.15, 0.2) is 11.9 Å². The number of guanidine groups is 2. The van der Waals surface area contributed by atoms with Crippen molar-refractivity contribution in [1.82, 2.24) is 95.7 Å². The Balaban J connectivity index is 2.47. The maximum atomic E-state index is 14.8. The number of amides is 17. The molecule has 52 nitrogen and oxygen atoms in total. The monoisotopic (exact) mass is 2120 g/mol. The first kappa shape index (κ1) is 132. The van der Waals surface area contributed by atoms with Crippen LogP contribution in [-0.2, 0) is 109 Å². The molecule has 0 saturated heterocycles. The van der Waals surface area contributed by atoms with E-state index in [0.29, 0.717) is 30.6 Å². The maximum absolute atomic E-state index is 14.8. The Morgan fingerprint density at radius 1 is 0.340 bits per heavy atom. The van der Waals surface area contributed by atoms with Gasteiger partial charge in [-0.25, -0.2) is 4.79 Å². The van der Waals surface area contributed by atoms with Gasteiger partial charge in [-0.3, -0.25) is 97.1 Å². The van der Waals surface area contributed by atoms with Crippen LogP contribution in [0.4, 0.5) is 0 Å². The third-order valence-corrected chi connectivity index (χ3v) is 23.6. The molecule has 17 amide bonds. The van der Waals surface area contributed by atoms with E-state index in [1.165, 1.54) is 87.1 Å². The van der Waals surface area contributed by atoms with Crippen molar-refractivity contribution in [2.75, 3.05) is 65.6 Å². The number of aliphatic hydroxyl groups excluding tert-OH is 2. The molecule has 0 aromatic heterocycles. The van der Waals surface area contributed by atoms with Gasteiger partial charge in [-0.1, -0.05) is 117 Å². The smallest absolute Gasteiger partial charge is 0.326 e. The van der Waals surface area contributed by atoms with E-state index in [2.05, 4.69) is 103 Å². The molecule has 15 atom stereocenters. The first-order chi connectivity index (χ1) is 71.1. The summed E-state index contributed by atoms with van der Waals surface area (Å²) in [6.45, 7) is 9.56. The lowest BCUT2D eigenvalue weighted by atomic mass is 10.0. The molecule has 2 rings (SSSR count). The number of primary amides is 1. The lowest BCUT2D eigenvalue weighted by Gasteiger charge is -2.29. The molecule has 0 fully saturated rings. The number of phenolic OH excluding ortho intramolecular Hbond substituents is 2. The Morgan fingerprint density at radius 2 is 0.680 bits per heavy atom. The number of nitrogens with two attached hydrogens (primary N) is 6. The van der Waals surface area contributed by atoms with Crippen molar-refractivity contribution in [3.05, 3.63) is 59.7 Å². The third-order valence-electron chi connectivity index (χ3n) is 23.6. The summed E-state index contributed by atoms with van der Waals surface area (Å²) in [5.74, 6) is -22.3. The van der Waals surface area contributed by atoms with Gasteiger partial charge in [-0.2, -0.15) is 0 Å². The van der Waals surface area contributed by atoms with Crippen molar-refractivity contribution in [2.45, 2.75) is 338 Å². The molecule has 150 heavy (non-hydrogen) atoms. The first-order valence-electron chi connectivity index (χ1n) is 51.4. The molecule has 0 unspecified atom stereocenters. The highest BCUT2D eigenvalue weighted by molar-refractivity contribution is 6.02. The van der Waals surface area contributed by atoms with Gasteiger partial charge >= 0.3 is 11.9 Å². The summed E-state index contributed by atoms with van der Waals surface area (Å²) >= 11 is 0. The number of unbranched alkanes of at least 4 members (excludes halogenated alkanes) is 12. The average molecular weight is 2120 g/mol. The Morgan fingerprint density at radius 3 is 1.07 bits per heavy atom. The highest BCUT2D eigenvalue weighted by atomic mass is 16.5. The number of phenols is 2. The van der Waals surface area contributed by atoms with Gasteiger partial charge in [-0.05, 0) is 190 Å². The number of rotatable bonds is 81. The molecular weight excluding hydrogens is 1960 g/mol. The van der Waals surface area contributed by atoms with E-state index >= 15 is 0 Å². The standard InChI is InChI=1S/C98H166N26O26/c1-8-9-10-11-12-13-14-15-16-23-47-150-48-41-78(130)109-54-79(131)110-55-80(132)112-72(51-61-31-35-63(127)36-32-61)91(143)118-70(39-40-77(102)129)89(141)114-65(26-17-20-42-99)84(136)113-66(27-18-21-43-100)85(137)119-71(49-57(2)3)90(142)116-69(30-25-46-108-98(105)106)88(140)123-76(56-125)94(146)111-59(6)83(135)124-82(60(7)126)95(147)121-74(53-81(133)134)93(145)115-67(28-19-22-44-101)86(138)120-73(52-62-33-37-64(128)38-34-62)92(144)117-68(29-24-45-107-97(103)104)87(139)122-75(96(148)149)50-58(4)5/h31-38,57-60,65-76,82,125-128H,8-30,39-56,99-101H2,1-7H3,(H2,102,129)(H,109,130)(H,110,131)(H,111,146)(H,112,132)(H,113,136)(H,114,141)(H,115,145)(H,116,142)(H,117,144)(H,118,143)(H,119,137)(H,120,138)(H,121,147)(H,122,139)(H,123,140)(H,124,135)(H,133,134)(H,148,149)(H4,103,104,107)(H4,105,106,108)/t59-,60+,65-,66-,67-,68-,69-,70-,71-,72-,73-,74-,75-,76-,82-/m0/s1. The minimum atomic E-state index is -2.12.